The molecule has 0 bridgehead atoms. The molecule has 0 saturated heterocycles. The molecule has 0 aliphatic carbocycles. The van der Waals surface area contributed by atoms with Gasteiger partial charge in [-0.15, -0.1) is 0 Å². The number of ether oxygens (including phenoxy) is 1. The topological polar surface area (TPSA) is 53.6 Å². The van der Waals surface area contributed by atoms with Gasteiger partial charge in [-0.2, -0.15) is 0 Å². The molecule has 0 fully saturated rings. The zero-order valence-corrected chi connectivity index (χ0v) is 14.9. The fourth-order valence-electron chi connectivity index (χ4n) is 2.91. The molecule has 0 unspecified atom stereocenters. The van der Waals surface area contributed by atoms with E-state index in [4.69, 9.17) is 4.74 Å². The van der Waals surface area contributed by atoms with E-state index in [9.17, 15) is 9.18 Å². The molecule has 26 heavy (non-hydrogen) atoms. The molecule has 3 rings (SSSR count). The molecule has 1 amide bonds. The van der Waals surface area contributed by atoms with E-state index in [1.165, 1.54) is 12.1 Å². The van der Waals surface area contributed by atoms with Crippen LogP contribution in [0, 0.1) is 5.82 Å². The summed E-state index contributed by atoms with van der Waals surface area (Å²) in [6.45, 7) is 4.51. The number of rotatable bonds is 7. The van der Waals surface area contributed by atoms with Gasteiger partial charge in [-0.05, 0) is 49.4 Å². The number of hydrogen-bond acceptors (Lipinski definition) is 4. The second-order valence-corrected chi connectivity index (χ2v) is 5.97. The summed E-state index contributed by atoms with van der Waals surface area (Å²) in [7, 11) is 1.69. The van der Waals surface area contributed by atoms with Gasteiger partial charge in [0, 0.05) is 43.3 Å². The molecule has 0 aromatic heterocycles. The first-order valence-electron chi connectivity index (χ1n) is 8.54. The van der Waals surface area contributed by atoms with Gasteiger partial charge in [-0.1, -0.05) is 0 Å². The lowest BCUT2D eigenvalue weighted by Crippen LogP contribution is -2.26. The smallest absolute Gasteiger partial charge is 0.257 e. The van der Waals surface area contributed by atoms with Crippen LogP contribution < -0.4 is 15.5 Å². The first-order chi connectivity index (χ1) is 12.6. The monoisotopic (exact) mass is 355 g/mol. The molecule has 0 saturated carbocycles. The van der Waals surface area contributed by atoms with Crippen molar-refractivity contribution < 1.29 is 13.9 Å². The molecule has 0 spiro atoms. The van der Waals surface area contributed by atoms with Gasteiger partial charge in [-0.25, -0.2) is 4.39 Å². The summed E-state index contributed by atoms with van der Waals surface area (Å²) in [4.78, 5) is 14.3. The largest absolute Gasteiger partial charge is 0.383 e. The lowest BCUT2D eigenvalue weighted by Gasteiger charge is -2.22. The van der Waals surface area contributed by atoms with Crippen LogP contribution in [0.3, 0.4) is 0 Å². The van der Waals surface area contributed by atoms with Gasteiger partial charge in [0.25, 0.3) is 5.91 Å². The number of carbonyl (C=O) groups excluding carboxylic acids is 1. The van der Waals surface area contributed by atoms with E-state index in [1.54, 1.807) is 19.4 Å². The predicted molar refractivity (Wildman–Crippen MR) is 103 cm³/mol. The summed E-state index contributed by atoms with van der Waals surface area (Å²) in [6.07, 6.45) is 1.65. The molecular weight excluding hydrogens is 333 g/mol. The Balaban J connectivity index is 1.72. The Morgan fingerprint density at radius 1 is 1.23 bits per heavy atom. The Morgan fingerprint density at radius 2 is 2.00 bits per heavy atom. The van der Waals surface area contributed by atoms with E-state index in [1.807, 2.05) is 24.3 Å². The average Bonchev–Trinajstić information content (AvgIpc) is 2.95. The number of hydrogen-bond donors (Lipinski definition) is 2. The van der Waals surface area contributed by atoms with Crippen LogP contribution in [0.5, 0.6) is 0 Å². The third kappa shape index (κ3) is 3.86. The number of likely N-dealkylation sites (N-methyl/N-ethyl adjacent to an activating group) is 1. The highest BCUT2D eigenvalue weighted by Crippen LogP contribution is 2.32. The van der Waals surface area contributed by atoms with Gasteiger partial charge in [0.15, 0.2) is 0 Å². The summed E-state index contributed by atoms with van der Waals surface area (Å²) >= 11 is 0. The number of amides is 1. The first-order valence-corrected chi connectivity index (χ1v) is 8.54. The van der Waals surface area contributed by atoms with Crippen molar-refractivity contribution in [2.24, 2.45) is 0 Å². The number of fused-ring (bicyclic) bond motifs is 1. The van der Waals surface area contributed by atoms with E-state index in [0.717, 1.165) is 24.5 Å². The SMILES string of the molecule is CCN(CCOC)c1ccc(N/C=C2\C(=O)Nc3cc(F)ccc32)cc1. The van der Waals surface area contributed by atoms with Gasteiger partial charge < -0.3 is 20.3 Å². The maximum atomic E-state index is 13.3. The molecule has 5 nitrogen and oxygen atoms in total. The van der Waals surface area contributed by atoms with Crippen molar-refractivity contribution in [1.82, 2.24) is 0 Å². The highest BCUT2D eigenvalue weighted by molar-refractivity contribution is 6.31. The fraction of sp³-hybridized carbons (Fsp3) is 0.250. The molecular formula is C20H22FN3O2. The number of methoxy groups -OCH3 is 1. The molecule has 0 radical (unpaired) electrons. The van der Waals surface area contributed by atoms with Crippen LogP contribution in [0.4, 0.5) is 21.5 Å². The normalized spacial score (nSPS) is 14.3. The minimum Gasteiger partial charge on any atom is -0.383 e. The van der Waals surface area contributed by atoms with Crippen LogP contribution in [0.1, 0.15) is 12.5 Å². The van der Waals surface area contributed by atoms with Crippen molar-refractivity contribution in [3.63, 3.8) is 0 Å². The molecule has 2 aromatic carbocycles. The van der Waals surface area contributed by atoms with Gasteiger partial charge in [0.05, 0.1) is 17.9 Å². The van der Waals surface area contributed by atoms with E-state index >= 15 is 0 Å². The van der Waals surface area contributed by atoms with Crippen molar-refractivity contribution in [3.05, 3.63) is 60.0 Å². The number of anilines is 3. The van der Waals surface area contributed by atoms with Gasteiger partial charge in [-0.3, -0.25) is 4.79 Å². The van der Waals surface area contributed by atoms with Crippen molar-refractivity contribution in [2.45, 2.75) is 6.92 Å². The van der Waals surface area contributed by atoms with Crippen LogP contribution >= 0.6 is 0 Å². The molecule has 1 aliphatic rings. The summed E-state index contributed by atoms with van der Waals surface area (Å²) in [5.41, 5.74) is 3.65. The third-order valence-electron chi connectivity index (χ3n) is 4.33. The van der Waals surface area contributed by atoms with E-state index < -0.39 is 0 Å². The second kappa shape index (κ2) is 8.01. The number of halogens is 1. The maximum Gasteiger partial charge on any atom is 0.257 e. The Kier molecular flexibility index (Phi) is 5.53. The summed E-state index contributed by atoms with van der Waals surface area (Å²) < 4.78 is 18.4. The van der Waals surface area contributed by atoms with Crippen LogP contribution in [-0.4, -0.2) is 32.7 Å². The van der Waals surface area contributed by atoms with Crippen LogP contribution in [0.2, 0.25) is 0 Å². The molecule has 2 aromatic rings. The minimum absolute atomic E-state index is 0.244. The lowest BCUT2D eigenvalue weighted by atomic mass is 10.1. The molecule has 1 aliphatic heterocycles. The molecule has 136 valence electrons. The van der Waals surface area contributed by atoms with E-state index in [-0.39, 0.29) is 11.7 Å². The Hall–Kier alpha value is -2.86. The highest BCUT2D eigenvalue weighted by atomic mass is 19.1. The summed E-state index contributed by atoms with van der Waals surface area (Å²) in [5.74, 6) is -0.616. The zero-order valence-electron chi connectivity index (χ0n) is 14.9. The molecule has 2 N–H and O–H groups in total. The predicted octanol–water partition coefficient (Wildman–Crippen LogP) is 3.70. The van der Waals surface area contributed by atoms with Crippen LogP contribution in [0.15, 0.2) is 48.7 Å². The standard InChI is InChI=1S/C20H22FN3O2/c1-3-24(10-11-26-2)16-7-5-15(6-8-16)22-13-18-17-9-4-14(21)12-19(17)23-20(18)25/h4-9,12-13,22H,3,10-11H2,1-2H3,(H,23,25)/b18-13-. The Morgan fingerprint density at radius 3 is 2.69 bits per heavy atom. The van der Waals surface area contributed by atoms with Crippen molar-refractivity contribution >= 4 is 28.5 Å². The molecule has 1 heterocycles. The second-order valence-electron chi connectivity index (χ2n) is 5.97. The van der Waals surface area contributed by atoms with Crippen LogP contribution in [0.25, 0.3) is 5.57 Å². The van der Waals surface area contributed by atoms with Gasteiger partial charge in [0.2, 0.25) is 0 Å². The summed E-state index contributed by atoms with van der Waals surface area (Å²) in [5, 5.41) is 5.81. The van der Waals surface area contributed by atoms with E-state index in [2.05, 4.69) is 22.5 Å². The summed E-state index contributed by atoms with van der Waals surface area (Å²) in [6, 6.07) is 12.2. The third-order valence-corrected chi connectivity index (χ3v) is 4.33. The average molecular weight is 355 g/mol. The lowest BCUT2D eigenvalue weighted by molar-refractivity contribution is -0.110. The zero-order chi connectivity index (χ0) is 18.5. The molecule has 0 atom stereocenters. The van der Waals surface area contributed by atoms with Crippen LogP contribution in [-0.2, 0) is 9.53 Å². The highest BCUT2D eigenvalue weighted by Gasteiger charge is 2.24. The Bertz CT molecular complexity index is 818. The molecule has 6 heteroatoms. The first kappa shape index (κ1) is 17.9. The van der Waals surface area contributed by atoms with Gasteiger partial charge in [0.1, 0.15) is 5.82 Å². The number of benzene rings is 2. The quantitative estimate of drug-likeness (QED) is 0.744. The van der Waals surface area contributed by atoms with E-state index in [0.29, 0.717) is 23.4 Å². The Labute approximate surface area is 152 Å². The van der Waals surface area contributed by atoms with Crippen molar-refractivity contribution in [1.29, 1.82) is 0 Å². The number of carbonyl (C=O) groups is 1. The maximum absolute atomic E-state index is 13.3. The van der Waals surface area contributed by atoms with Gasteiger partial charge >= 0.3 is 0 Å². The number of nitrogens with zero attached hydrogens (tertiary/aromatic N) is 1. The van der Waals surface area contributed by atoms with Crippen molar-refractivity contribution in [3.8, 4) is 0 Å². The number of nitrogens with one attached hydrogen (secondary N) is 2. The minimum atomic E-state index is -0.372. The van der Waals surface area contributed by atoms with Crippen molar-refractivity contribution in [2.75, 3.05) is 42.3 Å². The fourth-order valence-corrected chi connectivity index (χ4v) is 2.91.